The average Bonchev–Trinajstić information content (AvgIpc) is 1.65. The Labute approximate surface area is 51.3 Å². The van der Waals surface area contributed by atoms with Gasteiger partial charge in [0.2, 0.25) is 0 Å². The quantitative estimate of drug-likeness (QED) is 0.526. The summed E-state index contributed by atoms with van der Waals surface area (Å²) in [5, 5.41) is 0. The van der Waals surface area contributed by atoms with E-state index in [4.69, 9.17) is 11.8 Å². The van der Waals surface area contributed by atoms with Gasteiger partial charge in [-0.1, -0.05) is 18.7 Å². The summed E-state index contributed by atoms with van der Waals surface area (Å²) in [6, 6.07) is 0. The van der Waals surface area contributed by atoms with Crippen LogP contribution < -0.4 is 0 Å². The first-order chi connectivity index (χ1) is 2.81. The summed E-state index contributed by atoms with van der Waals surface area (Å²) in [7, 11) is 1.39. The molecule has 0 aromatic carbocycles. The van der Waals surface area contributed by atoms with Crippen LogP contribution >= 0.6 is 5.47 Å². The maximum Gasteiger partial charge on any atom is 0.0105 e. The van der Waals surface area contributed by atoms with Gasteiger partial charge in [-0.3, -0.25) is 0 Å². The largest absolute Gasteiger partial charge is 0.0565 e. The summed E-state index contributed by atoms with van der Waals surface area (Å²) >= 11 is 9.48. The predicted octanol–water partition coefficient (Wildman–Crippen LogP) is 1.41. The van der Waals surface area contributed by atoms with Crippen LogP contribution in [0.1, 0.15) is 6.92 Å². The first kappa shape index (κ1) is 6.96. The summed E-state index contributed by atoms with van der Waals surface area (Å²) < 4.78 is 0. The van der Waals surface area contributed by atoms with Crippen LogP contribution in [0.2, 0.25) is 0 Å². The summed E-state index contributed by atoms with van der Waals surface area (Å²) in [4.78, 5) is 0. The first-order valence-electron chi connectivity index (χ1n) is 1.56. The Morgan fingerprint density at radius 1 is 1.83 bits per heavy atom. The highest BCUT2D eigenvalue weighted by atomic mass is 33.0. The molecule has 6 heavy (non-hydrogen) atoms. The van der Waals surface area contributed by atoms with E-state index < -0.39 is 0 Å². The Morgan fingerprint density at radius 3 is 2.33 bits per heavy atom. The second-order valence-electron chi connectivity index (χ2n) is 0.723. The minimum absolute atomic E-state index is 0.261. The van der Waals surface area contributed by atoms with Gasteiger partial charge in [0, 0.05) is 11.6 Å². The van der Waals surface area contributed by atoms with Crippen LogP contribution in [-0.2, 0) is 32.5 Å². The lowest BCUT2D eigenvalue weighted by molar-refractivity contribution is 1.53. The van der Waals surface area contributed by atoms with Crippen molar-refractivity contribution in [1.29, 1.82) is 0 Å². The molecule has 0 aliphatic rings. The molecule has 36 valence electrons. The smallest absolute Gasteiger partial charge is 0.0105 e. The third-order valence-electron chi connectivity index (χ3n) is 0.341. The molecule has 1 atom stereocenters. The number of rotatable bonds is 1. The van der Waals surface area contributed by atoms with Crippen LogP contribution in [0.15, 0.2) is 0 Å². The van der Waals surface area contributed by atoms with Crippen LogP contribution in [0, 0.1) is 0 Å². The van der Waals surface area contributed by atoms with Crippen molar-refractivity contribution in [2.45, 2.75) is 6.92 Å². The van der Waals surface area contributed by atoms with Crippen molar-refractivity contribution in [2.24, 2.45) is 0 Å². The van der Waals surface area contributed by atoms with E-state index >= 15 is 0 Å². The molecule has 0 aromatic heterocycles. The first-order valence-corrected chi connectivity index (χ1v) is 6.44. The zero-order chi connectivity index (χ0) is 4.99. The maximum atomic E-state index is 4.86. The van der Waals surface area contributed by atoms with Gasteiger partial charge in [-0.15, -0.1) is 0 Å². The molecule has 0 nitrogen and oxygen atoms in total. The van der Waals surface area contributed by atoms with Gasteiger partial charge in [-0.25, -0.2) is 0 Å². The van der Waals surface area contributed by atoms with Gasteiger partial charge in [-0.2, -0.15) is 0 Å². The van der Waals surface area contributed by atoms with E-state index in [1.165, 1.54) is 9.50 Å². The Hall–Kier alpha value is 0.960. The van der Waals surface area contributed by atoms with Crippen molar-refractivity contribution < 1.29 is 0 Å². The molecule has 0 aliphatic carbocycles. The van der Waals surface area contributed by atoms with E-state index in [0.717, 1.165) is 6.16 Å². The standard InChI is InChI=1S/C2H5PS3/c1-2-3(4)6-5/h2H2,1H3. The topological polar surface area (TPSA) is 0 Å². The third-order valence-corrected chi connectivity index (χ3v) is 6.21. The van der Waals surface area contributed by atoms with Gasteiger partial charge in [0.15, 0.2) is 0 Å². The summed E-state index contributed by atoms with van der Waals surface area (Å²) in [6.45, 7) is 2.07. The molecule has 4 heteroatoms. The van der Waals surface area contributed by atoms with E-state index in [-0.39, 0.29) is 5.47 Å². The van der Waals surface area contributed by atoms with Crippen LogP contribution in [0.4, 0.5) is 0 Å². The number of hydrogen-bond donors (Lipinski definition) is 0. The Kier molecular flexibility index (Phi) is 4.79. The molecule has 0 spiro atoms. The van der Waals surface area contributed by atoms with Gasteiger partial charge < -0.3 is 0 Å². The van der Waals surface area contributed by atoms with E-state index in [9.17, 15) is 0 Å². The van der Waals surface area contributed by atoms with Gasteiger partial charge in [-0.05, 0) is 20.7 Å². The van der Waals surface area contributed by atoms with Gasteiger partial charge in [0.25, 0.3) is 0 Å². The molecule has 0 N–H and O–H groups in total. The van der Waals surface area contributed by atoms with Crippen LogP contribution in [0.25, 0.3) is 0 Å². The molecular formula is C2H5PS3. The zero-order valence-corrected chi connectivity index (χ0v) is 6.72. The average molecular weight is 156 g/mol. The molecule has 0 bridgehead atoms. The normalized spacial score (nSPS) is 10.5. The SMILES string of the molecule is CCP(=S)=S=S. The molecular weight excluding hydrogens is 151 g/mol. The van der Waals surface area contributed by atoms with Crippen LogP contribution in [-0.4, -0.2) is 6.16 Å². The Balaban J connectivity index is 3.89. The summed E-state index contributed by atoms with van der Waals surface area (Å²) in [5.41, 5.74) is -0.261. The minimum Gasteiger partial charge on any atom is -0.0565 e. The van der Waals surface area contributed by atoms with Crippen molar-refractivity contribution in [3.63, 3.8) is 0 Å². The second-order valence-corrected chi connectivity index (χ2v) is 7.30. The molecule has 0 rings (SSSR count). The lowest BCUT2D eigenvalue weighted by atomic mass is 11.0. The van der Waals surface area contributed by atoms with Crippen molar-refractivity contribution in [1.82, 2.24) is 0 Å². The van der Waals surface area contributed by atoms with E-state index in [1.54, 1.807) is 0 Å². The Bertz CT molecular complexity index is 117. The van der Waals surface area contributed by atoms with Gasteiger partial charge in [0.05, 0.1) is 0 Å². The fourth-order valence-corrected chi connectivity index (χ4v) is 1.42. The zero-order valence-electron chi connectivity index (χ0n) is 3.38. The molecule has 1 unspecified atom stereocenters. The molecule has 0 heterocycles. The van der Waals surface area contributed by atoms with Gasteiger partial charge in [0.1, 0.15) is 0 Å². The van der Waals surface area contributed by atoms with E-state index in [2.05, 4.69) is 18.1 Å². The minimum atomic E-state index is -0.261. The van der Waals surface area contributed by atoms with E-state index in [1.807, 2.05) is 0 Å². The fraction of sp³-hybridized carbons (Fsp3) is 1.00. The molecule has 0 amide bonds. The third kappa shape index (κ3) is 3.16. The fourth-order valence-electron chi connectivity index (χ4n) is 0.0527. The summed E-state index contributed by atoms with van der Waals surface area (Å²) in [6.07, 6.45) is 1.07. The van der Waals surface area contributed by atoms with Crippen molar-refractivity contribution in [2.75, 3.05) is 6.16 Å². The lowest BCUT2D eigenvalue weighted by Crippen LogP contribution is -1.47. The Morgan fingerprint density at radius 2 is 2.33 bits per heavy atom. The van der Waals surface area contributed by atoms with Gasteiger partial charge >= 0.3 is 0 Å². The highest BCUT2D eigenvalue weighted by molar-refractivity contribution is 8.43. The van der Waals surface area contributed by atoms with Crippen molar-refractivity contribution in [3.05, 3.63) is 0 Å². The van der Waals surface area contributed by atoms with Crippen molar-refractivity contribution >= 4 is 38.0 Å². The monoisotopic (exact) mass is 156 g/mol. The van der Waals surface area contributed by atoms with E-state index in [0.29, 0.717) is 0 Å². The second kappa shape index (κ2) is 4.13. The predicted molar refractivity (Wildman–Crippen MR) is 39.6 cm³/mol. The molecule has 0 aliphatic heterocycles. The molecule has 0 saturated carbocycles. The highest BCUT2D eigenvalue weighted by Gasteiger charge is 1.64. The molecule has 0 fully saturated rings. The molecule has 0 radical (unpaired) electrons. The molecule has 0 saturated heterocycles. The lowest BCUT2D eigenvalue weighted by Gasteiger charge is -1.65. The van der Waals surface area contributed by atoms with Crippen LogP contribution in [0.3, 0.4) is 0 Å². The van der Waals surface area contributed by atoms with Crippen LogP contribution in [0.5, 0.6) is 0 Å². The maximum absolute atomic E-state index is 4.86. The van der Waals surface area contributed by atoms with Crippen molar-refractivity contribution in [3.8, 4) is 0 Å². The summed E-state index contributed by atoms with van der Waals surface area (Å²) in [5.74, 6) is 0. The highest BCUT2D eigenvalue weighted by Crippen LogP contribution is 2.00. The number of hydrogen-bond acceptors (Lipinski definition) is 2. The molecule has 0 aromatic rings.